The van der Waals surface area contributed by atoms with E-state index in [4.69, 9.17) is 4.74 Å². The standard InChI is InChI=1S/C15H18N4O2S/c1-15(4-7-21-8-5-15)19-13(20)18-14-17-12(10-22-14)11-3-2-6-16-9-11/h2-3,6,9-10H,4-5,7-8H2,1H3,(H2,17,18,19,20). The van der Waals surface area contributed by atoms with Crippen LogP contribution in [0, 0.1) is 0 Å². The van der Waals surface area contributed by atoms with Crippen molar-refractivity contribution in [3.8, 4) is 11.3 Å². The molecule has 6 nitrogen and oxygen atoms in total. The van der Waals surface area contributed by atoms with Crippen molar-refractivity contribution in [1.82, 2.24) is 15.3 Å². The van der Waals surface area contributed by atoms with Gasteiger partial charge in [0.25, 0.3) is 0 Å². The molecule has 3 rings (SSSR count). The lowest BCUT2D eigenvalue weighted by atomic mass is 9.93. The van der Waals surface area contributed by atoms with Gasteiger partial charge in [-0.15, -0.1) is 11.3 Å². The van der Waals surface area contributed by atoms with Crippen molar-refractivity contribution in [3.63, 3.8) is 0 Å². The molecular weight excluding hydrogens is 300 g/mol. The van der Waals surface area contributed by atoms with E-state index in [1.807, 2.05) is 24.4 Å². The van der Waals surface area contributed by atoms with Gasteiger partial charge in [-0.25, -0.2) is 9.78 Å². The van der Waals surface area contributed by atoms with E-state index in [9.17, 15) is 4.79 Å². The number of amides is 2. The summed E-state index contributed by atoms with van der Waals surface area (Å²) in [6.45, 7) is 3.40. The lowest BCUT2D eigenvalue weighted by molar-refractivity contribution is 0.0500. The molecule has 0 bridgehead atoms. The second-order valence-corrected chi connectivity index (χ2v) is 6.39. The van der Waals surface area contributed by atoms with Crippen molar-refractivity contribution in [1.29, 1.82) is 0 Å². The first-order chi connectivity index (χ1) is 10.6. The van der Waals surface area contributed by atoms with Gasteiger partial charge in [0.1, 0.15) is 0 Å². The number of carbonyl (C=O) groups is 1. The van der Waals surface area contributed by atoms with Gasteiger partial charge in [0.2, 0.25) is 0 Å². The van der Waals surface area contributed by atoms with Gasteiger partial charge in [-0.2, -0.15) is 0 Å². The molecule has 0 atom stereocenters. The molecular formula is C15H18N4O2S. The van der Waals surface area contributed by atoms with Crippen molar-refractivity contribution in [2.24, 2.45) is 0 Å². The minimum absolute atomic E-state index is 0.216. The monoisotopic (exact) mass is 318 g/mol. The Kier molecular flexibility index (Phi) is 4.35. The highest BCUT2D eigenvalue weighted by Gasteiger charge is 2.29. The number of hydrogen-bond acceptors (Lipinski definition) is 5. The molecule has 0 radical (unpaired) electrons. The Balaban J connectivity index is 1.61. The Labute approximate surface area is 132 Å². The SMILES string of the molecule is CC1(NC(=O)Nc2nc(-c3cccnc3)cs2)CCOCC1. The fourth-order valence-corrected chi connectivity index (χ4v) is 3.04. The van der Waals surface area contributed by atoms with Crippen LogP contribution in [-0.2, 0) is 4.74 Å². The summed E-state index contributed by atoms with van der Waals surface area (Å²) < 4.78 is 5.33. The molecule has 0 aliphatic carbocycles. The summed E-state index contributed by atoms with van der Waals surface area (Å²) in [7, 11) is 0. The summed E-state index contributed by atoms with van der Waals surface area (Å²) in [6, 6.07) is 3.58. The van der Waals surface area contributed by atoms with Crippen LogP contribution in [0.5, 0.6) is 0 Å². The van der Waals surface area contributed by atoms with Crippen LogP contribution in [0.2, 0.25) is 0 Å². The zero-order valence-corrected chi connectivity index (χ0v) is 13.2. The van der Waals surface area contributed by atoms with Gasteiger partial charge in [0.05, 0.1) is 5.69 Å². The highest BCUT2D eigenvalue weighted by Crippen LogP contribution is 2.24. The van der Waals surface area contributed by atoms with E-state index in [2.05, 4.69) is 20.6 Å². The quantitative estimate of drug-likeness (QED) is 0.912. The molecule has 0 spiro atoms. The van der Waals surface area contributed by atoms with E-state index in [1.54, 1.807) is 12.4 Å². The number of nitrogens with one attached hydrogen (secondary N) is 2. The molecule has 1 aliphatic rings. The van der Waals surface area contributed by atoms with E-state index in [0.29, 0.717) is 18.3 Å². The Morgan fingerprint density at radius 1 is 1.41 bits per heavy atom. The smallest absolute Gasteiger partial charge is 0.321 e. The van der Waals surface area contributed by atoms with Crippen LogP contribution in [0.25, 0.3) is 11.3 Å². The van der Waals surface area contributed by atoms with Crippen LogP contribution in [0.4, 0.5) is 9.93 Å². The summed E-state index contributed by atoms with van der Waals surface area (Å²) in [4.78, 5) is 20.6. The van der Waals surface area contributed by atoms with Crippen LogP contribution < -0.4 is 10.6 Å². The molecule has 1 fully saturated rings. The summed E-state index contributed by atoms with van der Waals surface area (Å²) in [5.74, 6) is 0. The number of thiazole rings is 1. The number of pyridine rings is 1. The summed E-state index contributed by atoms with van der Waals surface area (Å²) in [5, 5.41) is 8.30. The van der Waals surface area contributed by atoms with Crippen LogP contribution >= 0.6 is 11.3 Å². The number of nitrogens with zero attached hydrogens (tertiary/aromatic N) is 2. The number of urea groups is 1. The first-order valence-corrected chi connectivity index (χ1v) is 8.05. The predicted molar refractivity (Wildman–Crippen MR) is 86.0 cm³/mol. The molecule has 2 aromatic heterocycles. The van der Waals surface area contributed by atoms with Gasteiger partial charge in [-0.1, -0.05) is 0 Å². The second-order valence-electron chi connectivity index (χ2n) is 5.53. The largest absolute Gasteiger partial charge is 0.381 e. The van der Waals surface area contributed by atoms with Gasteiger partial charge in [-0.3, -0.25) is 10.3 Å². The average molecular weight is 318 g/mol. The fourth-order valence-electron chi connectivity index (χ4n) is 2.33. The summed E-state index contributed by atoms with van der Waals surface area (Å²) in [5.41, 5.74) is 1.53. The van der Waals surface area contributed by atoms with E-state index < -0.39 is 0 Å². The zero-order chi connectivity index (χ0) is 15.4. The molecule has 2 N–H and O–H groups in total. The molecule has 3 heterocycles. The van der Waals surface area contributed by atoms with Crippen molar-refractivity contribution in [2.75, 3.05) is 18.5 Å². The zero-order valence-electron chi connectivity index (χ0n) is 12.3. The molecule has 2 amide bonds. The van der Waals surface area contributed by atoms with Crippen LogP contribution in [-0.4, -0.2) is 34.8 Å². The van der Waals surface area contributed by atoms with Crippen molar-refractivity contribution >= 4 is 22.5 Å². The summed E-state index contributed by atoms with van der Waals surface area (Å²) in [6.07, 6.45) is 5.11. The first-order valence-electron chi connectivity index (χ1n) is 7.17. The lowest BCUT2D eigenvalue weighted by Crippen LogP contribution is -2.51. The van der Waals surface area contributed by atoms with Gasteiger partial charge in [0, 0.05) is 42.1 Å². The number of anilines is 1. The van der Waals surface area contributed by atoms with E-state index in [0.717, 1.165) is 24.1 Å². The first kappa shape index (κ1) is 14.9. The topological polar surface area (TPSA) is 76.1 Å². The third kappa shape index (κ3) is 3.61. The number of rotatable bonds is 3. The Bertz CT molecular complexity index is 638. The van der Waals surface area contributed by atoms with E-state index in [-0.39, 0.29) is 11.6 Å². The highest BCUT2D eigenvalue weighted by atomic mass is 32.1. The summed E-state index contributed by atoms with van der Waals surface area (Å²) >= 11 is 1.40. The molecule has 1 aliphatic heterocycles. The number of ether oxygens (including phenoxy) is 1. The van der Waals surface area contributed by atoms with Crippen molar-refractivity contribution in [2.45, 2.75) is 25.3 Å². The molecule has 7 heteroatoms. The van der Waals surface area contributed by atoms with Crippen molar-refractivity contribution in [3.05, 3.63) is 29.9 Å². The minimum Gasteiger partial charge on any atom is -0.381 e. The molecule has 0 aromatic carbocycles. The fraction of sp³-hybridized carbons (Fsp3) is 0.400. The Morgan fingerprint density at radius 3 is 2.95 bits per heavy atom. The Hall–Kier alpha value is -1.99. The molecule has 116 valence electrons. The lowest BCUT2D eigenvalue weighted by Gasteiger charge is -2.34. The predicted octanol–water partition coefficient (Wildman–Crippen LogP) is 2.90. The molecule has 1 saturated heterocycles. The highest BCUT2D eigenvalue weighted by molar-refractivity contribution is 7.14. The average Bonchev–Trinajstić information content (AvgIpc) is 2.96. The molecule has 2 aromatic rings. The van der Waals surface area contributed by atoms with Crippen LogP contribution in [0.15, 0.2) is 29.9 Å². The third-order valence-electron chi connectivity index (χ3n) is 3.69. The Morgan fingerprint density at radius 2 is 2.23 bits per heavy atom. The maximum absolute atomic E-state index is 12.1. The van der Waals surface area contributed by atoms with Gasteiger partial charge < -0.3 is 10.1 Å². The third-order valence-corrected chi connectivity index (χ3v) is 4.45. The van der Waals surface area contributed by atoms with E-state index in [1.165, 1.54) is 11.3 Å². The second kappa shape index (κ2) is 6.41. The van der Waals surface area contributed by atoms with Crippen LogP contribution in [0.1, 0.15) is 19.8 Å². The molecule has 0 saturated carbocycles. The number of aromatic nitrogens is 2. The van der Waals surface area contributed by atoms with Crippen LogP contribution in [0.3, 0.4) is 0 Å². The maximum Gasteiger partial charge on any atom is 0.321 e. The maximum atomic E-state index is 12.1. The van der Waals surface area contributed by atoms with Gasteiger partial charge >= 0.3 is 6.03 Å². The normalized spacial score (nSPS) is 17.0. The minimum atomic E-state index is -0.225. The molecule has 0 unspecified atom stereocenters. The molecule has 22 heavy (non-hydrogen) atoms. The van der Waals surface area contributed by atoms with Gasteiger partial charge in [-0.05, 0) is 31.9 Å². The number of carbonyl (C=O) groups excluding carboxylic acids is 1. The van der Waals surface area contributed by atoms with Crippen molar-refractivity contribution < 1.29 is 9.53 Å². The number of hydrogen-bond donors (Lipinski definition) is 2. The van der Waals surface area contributed by atoms with Gasteiger partial charge in [0.15, 0.2) is 5.13 Å². The van der Waals surface area contributed by atoms with E-state index >= 15 is 0 Å².